The topological polar surface area (TPSA) is 69.7 Å². The van der Waals surface area contributed by atoms with Crippen molar-refractivity contribution in [2.45, 2.75) is 57.7 Å². The number of hydrogen-bond donors (Lipinski definition) is 1. The quantitative estimate of drug-likeness (QED) is 0.710. The Bertz CT molecular complexity index is 977. The standard InChI is InChI=1S/C27H33N3O3/c1-19(2)15-24-27(33)30-22(17-28-26(32)23(30)16-21-11-7-4-8-12-21)18-29(24)25(31)14-13-20-9-5-3-6-10-20/h3-12,19,22-24H,13-18H2,1-2H3,(H,28,32)/t22-,23+,24+/m1/s1. The van der Waals surface area contributed by atoms with Gasteiger partial charge in [-0.05, 0) is 29.9 Å². The number of hydrogen-bond acceptors (Lipinski definition) is 3. The van der Waals surface area contributed by atoms with Gasteiger partial charge in [0.1, 0.15) is 12.1 Å². The second-order valence-electron chi connectivity index (χ2n) is 9.53. The zero-order valence-corrected chi connectivity index (χ0v) is 19.4. The zero-order chi connectivity index (χ0) is 23.4. The number of benzene rings is 2. The van der Waals surface area contributed by atoms with Crippen LogP contribution in [-0.2, 0) is 27.2 Å². The number of rotatable bonds is 7. The summed E-state index contributed by atoms with van der Waals surface area (Å²) in [6, 6.07) is 18.5. The van der Waals surface area contributed by atoms with Gasteiger partial charge in [0.25, 0.3) is 0 Å². The fourth-order valence-corrected chi connectivity index (χ4v) is 4.98. The number of carbonyl (C=O) groups excluding carboxylic acids is 3. The molecule has 1 N–H and O–H groups in total. The first kappa shape index (κ1) is 23.0. The van der Waals surface area contributed by atoms with Gasteiger partial charge in [-0.25, -0.2) is 0 Å². The molecule has 3 amide bonds. The smallest absolute Gasteiger partial charge is 0.246 e. The van der Waals surface area contributed by atoms with Crippen molar-refractivity contribution in [2.24, 2.45) is 5.92 Å². The van der Waals surface area contributed by atoms with E-state index in [9.17, 15) is 14.4 Å². The van der Waals surface area contributed by atoms with E-state index in [0.717, 1.165) is 11.1 Å². The maximum atomic E-state index is 13.8. The summed E-state index contributed by atoms with van der Waals surface area (Å²) in [6.07, 6.45) is 2.10. The van der Waals surface area contributed by atoms with E-state index in [0.29, 0.717) is 38.8 Å². The Labute approximate surface area is 196 Å². The number of carbonyl (C=O) groups is 3. The lowest BCUT2D eigenvalue weighted by Crippen LogP contribution is -2.72. The summed E-state index contributed by atoms with van der Waals surface area (Å²) in [5, 5.41) is 2.97. The lowest BCUT2D eigenvalue weighted by atomic mass is 9.91. The molecular weight excluding hydrogens is 414 g/mol. The molecule has 6 nitrogen and oxygen atoms in total. The number of amides is 3. The van der Waals surface area contributed by atoms with Gasteiger partial charge < -0.3 is 15.1 Å². The summed E-state index contributed by atoms with van der Waals surface area (Å²) in [5.41, 5.74) is 2.14. The highest BCUT2D eigenvalue weighted by Crippen LogP contribution is 2.28. The molecule has 174 valence electrons. The van der Waals surface area contributed by atoms with Crippen LogP contribution >= 0.6 is 0 Å². The Morgan fingerprint density at radius 2 is 1.61 bits per heavy atom. The van der Waals surface area contributed by atoms with E-state index in [-0.39, 0.29) is 29.7 Å². The van der Waals surface area contributed by atoms with Gasteiger partial charge in [0.05, 0.1) is 6.04 Å². The van der Waals surface area contributed by atoms with Crippen LogP contribution < -0.4 is 5.32 Å². The number of piperazine rings is 2. The van der Waals surface area contributed by atoms with Crippen molar-refractivity contribution in [2.75, 3.05) is 13.1 Å². The molecule has 2 saturated heterocycles. The van der Waals surface area contributed by atoms with Gasteiger partial charge in [0.15, 0.2) is 0 Å². The van der Waals surface area contributed by atoms with Crippen LogP contribution in [-0.4, -0.2) is 58.7 Å². The maximum Gasteiger partial charge on any atom is 0.246 e. The number of fused-ring (bicyclic) bond motifs is 1. The SMILES string of the molecule is CC(C)C[C@H]1C(=O)N2[C@H](CNC(=O)[C@@H]2Cc2ccccc2)CN1C(=O)CCc1ccccc1. The second-order valence-corrected chi connectivity index (χ2v) is 9.53. The van der Waals surface area contributed by atoms with Crippen LogP contribution in [0.2, 0.25) is 0 Å². The molecular formula is C27H33N3O3. The minimum absolute atomic E-state index is 0.00834. The largest absolute Gasteiger partial charge is 0.352 e. The van der Waals surface area contributed by atoms with Gasteiger partial charge in [-0.1, -0.05) is 74.5 Å². The molecule has 2 aliphatic rings. The third-order valence-corrected chi connectivity index (χ3v) is 6.62. The molecule has 2 aromatic carbocycles. The van der Waals surface area contributed by atoms with Crippen LogP contribution in [0, 0.1) is 5.92 Å². The number of nitrogens with one attached hydrogen (secondary N) is 1. The van der Waals surface area contributed by atoms with Crippen molar-refractivity contribution < 1.29 is 14.4 Å². The molecule has 0 aliphatic carbocycles. The molecule has 4 rings (SSSR count). The summed E-state index contributed by atoms with van der Waals surface area (Å²) in [4.78, 5) is 43.4. The molecule has 0 radical (unpaired) electrons. The highest BCUT2D eigenvalue weighted by molar-refractivity contribution is 5.94. The molecule has 33 heavy (non-hydrogen) atoms. The molecule has 0 unspecified atom stereocenters. The van der Waals surface area contributed by atoms with E-state index in [1.807, 2.05) is 60.7 Å². The minimum atomic E-state index is -0.546. The normalized spacial score (nSPS) is 22.8. The fourth-order valence-electron chi connectivity index (χ4n) is 4.98. The minimum Gasteiger partial charge on any atom is -0.352 e. The Morgan fingerprint density at radius 3 is 2.24 bits per heavy atom. The first-order valence-electron chi connectivity index (χ1n) is 11.9. The van der Waals surface area contributed by atoms with Crippen LogP contribution in [0.3, 0.4) is 0 Å². The van der Waals surface area contributed by atoms with Gasteiger partial charge in [-0.2, -0.15) is 0 Å². The Hall–Kier alpha value is -3.15. The van der Waals surface area contributed by atoms with E-state index >= 15 is 0 Å². The average Bonchev–Trinajstić information content (AvgIpc) is 2.82. The van der Waals surface area contributed by atoms with Crippen LogP contribution in [0.4, 0.5) is 0 Å². The van der Waals surface area contributed by atoms with Gasteiger partial charge in [0, 0.05) is 25.9 Å². The van der Waals surface area contributed by atoms with Crippen molar-refractivity contribution in [3.05, 3.63) is 71.8 Å². The molecule has 0 aromatic heterocycles. The molecule has 3 atom stereocenters. The first-order chi connectivity index (χ1) is 15.9. The molecule has 2 fully saturated rings. The van der Waals surface area contributed by atoms with Crippen LogP contribution in [0.25, 0.3) is 0 Å². The highest BCUT2D eigenvalue weighted by Gasteiger charge is 2.48. The Balaban J connectivity index is 1.54. The summed E-state index contributed by atoms with van der Waals surface area (Å²) in [6.45, 7) is 4.97. The van der Waals surface area contributed by atoms with Crippen LogP contribution in [0.5, 0.6) is 0 Å². The van der Waals surface area contributed by atoms with Crippen molar-refractivity contribution in [1.82, 2.24) is 15.1 Å². The van der Waals surface area contributed by atoms with Crippen molar-refractivity contribution in [3.8, 4) is 0 Å². The third-order valence-electron chi connectivity index (χ3n) is 6.62. The summed E-state index contributed by atoms with van der Waals surface area (Å²) in [5.74, 6) is 0.0551. The molecule has 0 bridgehead atoms. The highest BCUT2D eigenvalue weighted by atomic mass is 16.2. The van der Waals surface area contributed by atoms with Gasteiger partial charge >= 0.3 is 0 Å². The average molecular weight is 448 g/mol. The molecule has 0 saturated carbocycles. The lowest BCUT2D eigenvalue weighted by molar-refractivity contribution is -0.164. The van der Waals surface area contributed by atoms with Crippen molar-refractivity contribution in [3.63, 3.8) is 0 Å². The summed E-state index contributed by atoms with van der Waals surface area (Å²) in [7, 11) is 0. The number of nitrogens with zero attached hydrogens (tertiary/aromatic N) is 2. The van der Waals surface area contributed by atoms with Crippen LogP contribution in [0.1, 0.15) is 37.8 Å². The zero-order valence-electron chi connectivity index (χ0n) is 19.4. The van der Waals surface area contributed by atoms with E-state index in [1.54, 1.807) is 9.80 Å². The fraction of sp³-hybridized carbons (Fsp3) is 0.444. The van der Waals surface area contributed by atoms with E-state index in [4.69, 9.17) is 0 Å². The van der Waals surface area contributed by atoms with E-state index in [1.165, 1.54) is 0 Å². The lowest BCUT2D eigenvalue weighted by Gasteiger charge is -2.51. The Kier molecular flexibility index (Phi) is 7.11. The predicted octanol–water partition coefficient (Wildman–Crippen LogP) is 2.81. The first-order valence-corrected chi connectivity index (χ1v) is 11.9. The maximum absolute atomic E-state index is 13.8. The third kappa shape index (κ3) is 5.27. The second kappa shape index (κ2) is 10.2. The summed E-state index contributed by atoms with van der Waals surface area (Å²) < 4.78 is 0. The Morgan fingerprint density at radius 1 is 0.970 bits per heavy atom. The van der Waals surface area contributed by atoms with Crippen molar-refractivity contribution >= 4 is 17.7 Å². The van der Waals surface area contributed by atoms with Crippen LogP contribution in [0.15, 0.2) is 60.7 Å². The number of aryl methyl sites for hydroxylation is 1. The van der Waals surface area contributed by atoms with Crippen molar-refractivity contribution in [1.29, 1.82) is 0 Å². The molecule has 0 spiro atoms. The molecule has 6 heteroatoms. The molecule has 2 heterocycles. The molecule has 2 aliphatic heterocycles. The van der Waals surface area contributed by atoms with E-state index in [2.05, 4.69) is 19.2 Å². The predicted molar refractivity (Wildman–Crippen MR) is 127 cm³/mol. The van der Waals surface area contributed by atoms with E-state index < -0.39 is 12.1 Å². The monoisotopic (exact) mass is 447 g/mol. The van der Waals surface area contributed by atoms with Gasteiger partial charge in [-0.3, -0.25) is 14.4 Å². The molecule has 2 aromatic rings. The van der Waals surface area contributed by atoms with Gasteiger partial charge in [0.2, 0.25) is 17.7 Å². The summed E-state index contributed by atoms with van der Waals surface area (Å²) >= 11 is 0. The van der Waals surface area contributed by atoms with Gasteiger partial charge in [-0.15, -0.1) is 0 Å².